The number of hydrogen-bond acceptors (Lipinski definition) is 3. The smallest absolute Gasteiger partial charge is 0.330 e. The monoisotopic (exact) mass is 510 g/mol. The van der Waals surface area contributed by atoms with Gasteiger partial charge < -0.3 is 14.6 Å². The van der Waals surface area contributed by atoms with Crippen LogP contribution in [0.3, 0.4) is 0 Å². The summed E-state index contributed by atoms with van der Waals surface area (Å²) in [5, 5.41) is 10.9. The molecule has 0 bridgehead atoms. The van der Waals surface area contributed by atoms with Crippen molar-refractivity contribution >= 4 is 33.8 Å². The number of imidazole rings is 1. The average molecular weight is 511 g/mol. The molecule has 0 spiro atoms. The van der Waals surface area contributed by atoms with E-state index in [1.807, 2.05) is 54.2 Å². The van der Waals surface area contributed by atoms with Crippen LogP contribution < -0.4 is 5.69 Å². The first-order chi connectivity index (χ1) is 18.2. The molecule has 0 saturated carbocycles. The minimum absolute atomic E-state index is 0.196. The standard InChI is InChI=1S/C30H30N4O4/c1-19-9-8-12-24-28(19)22(17-32(24)4)18-33-23-14-13-21(29(37)31(2)3)15-26(23)34(30(33)38)25(16-27(35)36)20-10-6-5-7-11-20/h5-15,17,25H,16,18H2,1-4H3,(H,35,36)/t25-/m1/s1. The summed E-state index contributed by atoms with van der Waals surface area (Å²) in [4.78, 5) is 40.4. The molecule has 8 nitrogen and oxygen atoms in total. The second-order valence-electron chi connectivity index (χ2n) is 9.90. The van der Waals surface area contributed by atoms with E-state index in [-0.39, 0.29) is 18.0 Å². The molecule has 2 heterocycles. The van der Waals surface area contributed by atoms with Crippen LogP contribution >= 0.6 is 0 Å². The van der Waals surface area contributed by atoms with Crippen LogP contribution in [0.2, 0.25) is 0 Å². The molecule has 38 heavy (non-hydrogen) atoms. The van der Waals surface area contributed by atoms with Gasteiger partial charge in [0, 0.05) is 43.8 Å². The molecule has 1 atom stereocenters. The van der Waals surface area contributed by atoms with Crippen LogP contribution in [-0.2, 0) is 18.4 Å². The van der Waals surface area contributed by atoms with Crippen LogP contribution in [0.25, 0.3) is 21.9 Å². The predicted octanol–water partition coefficient (Wildman–Crippen LogP) is 4.42. The SMILES string of the molecule is Cc1cccc2c1c(Cn1c(=O)n([C@H](CC(=O)O)c3ccccc3)c3cc(C(=O)N(C)C)ccc31)cn2C. The molecule has 8 heteroatoms. The molecule has 1 N–H and O–H groups in total. The molecule has 0 unspecified atom stereocenters. The van der Waals surface area contributed by atoms with Gasteiger partial charge in [0.2, 0.25) is 0 Å². The number of aryl methyl sites for hydroxylation is 2. The van der Waals surface area contributed by atoms with Crippen LogP contribution in [0.4, 0.5) is 0 Å². The van der Waals surface area contributed by atoms with E-state index in [0.717, 1.165) is 22.0 Å². The second kappa shape index (κ2) is 9.70. The molecule has 0 aliphatic carbocycles. The fourth-order valence-electron chi connectivity index (χ4n) is 5.35. The summed E-state index contributed by atoms with van der Waals surface area (Å²) in [7, 11) is 5.32. The van der Waals surface area contributed by atoms with Crippen LogP contribution in [0.5, 0.6) is 0 Å². The summed E-state index contributed by atoms with van der Waals surface area (Å²) in [6.07, 6.45) is 1.76. The van der Waals surface area contributed by atoms with Crippen molar-refractivity contribution in [3.8, 4) is 0 Å². The van der Waals surface area contributed by atoms with E-state index in [1.165, 1.54) is 9.47 Å². The summed E-state index contributed by atoms with van der Waals surface area (Å²) in [6.45, 7) is 2.36. The minimum atomic E-state index is -1.02. The van der Waals surface area contributed by atoms with Gasteiger partial charge in [-0.15, -0.1) is 0 Å². The van der Waals surface area contributed by atoms with Gasteiger partial charge in [-0.05, 0) is 47.9 Å². The highest BCUT2D eigenvalue weighted by Gasteiger charge is 2.26. The van der Waals surface area contributed by atoms with E-state index < -0.39 is 12.0 Å². The van der Waals surface area contributed by atoms with E-state index in [4.69, 9.17) is 0 Å². The minimum Gasteiger partial charge on any atom is -0.481 e. The number of rotatable bonds is 7. The fraction of sp³-hybridized carbons (Fsp3) is 0.233. The van der Waals surface area contributed by atoms with Crippen molar-refractivity contribution in [1.29, 1.82) is 0 Å². The van der Waals surface area contributed by atoms with Crippen molar-refractivity contribution in [3.05, 3.63) is 106 Å². The van der Waals surface area contributed by atoms with Crippen LogP contribution in [0.15, 0.2) is 77.7 Å². The molecule has 0 aliphatic heterocycles. The lowest BCUT2D eigenvalue weighted by Gasteiger charge is -2.18. The van der Waals surface area contributed by atoms with Crippen molar-refractivity contribution in [2.45, 2.75) is 25.9 Å². The Labute approximate surface area is 219 Å². The van der Waals surface area contributed by atoms with E-state index >= 15 is 0 Å². The van der Waals surface area contributed by atoms with Crippen molar-refractivity contribution in [2.24, 2.45) is 7.05 Å². The predicted molar refractivity (Wildman–Crippen MR) is 148 cm³/mol. The van der Waals surface area contributed by atoms with Crippen LogP contribution in [-0.4, -0.2) is 49.7 Å². The van der Waals surface area contributed by atoms with Crippen LogP contribution in [0.1, 0.15) is 39.5 Å². The summed E-state index contributed by atoms with van der Waals surface area (Å²) in [6, 6.07) is 19.7. The maximum Gasteiger partial charge on any atom is 0.330 e. The lowest BCUT2D eigenvalue weighted by Crippen LogP contribution is -2.29. The first-order valence-corrected chi connectivity index (χ1v) is 12.4. The van der Waals surface area contributed by atoms with Crippen LogP contribution in [0, 0.1) is 6.92 Å². The van der Waals surface area contributed by atoms with Crippen molar-refractivity contribution in [3.63, 3.8) is 0 Å². The summed E-state index contributed by atoms with van der Waals surface area (Å²) < 4.78 is 5.26. The maximum absolute atomic E-state index is 14.2. The maximum atomic E-state index is 14.2. The molecule has 5 aromatic rings. The zero-order valence-corrected chi connectivity index (χ0v) is 21.9. The Hall–Kier alpha value is -4.59. The number of aliphatic carboxylic acids is 1. The molecule has 0 saturated heterocycles. The van der Waals surface area contributed by atoms with E-state index in [1.54, 1.807) is 36.9 Å². The molecule has 5 rings (SSSR count). The first kappa shape index (κ1) is 25.1. The van der Waals surface area contributed by atoms with Gasteiger partial charge in [-0.3, -0.25) is 18.7 Å². The second-order valence-corrected chi connectivity index (χ2v) is 9.90. The Balaban J connectivity index is 1.78. The highest BCUT2D eigenvalue weighted by Crippen LogP contribution is 2.29. The zero-order valence-electron chi connectivity index (χ0n) is 21.9. The van der Waals surface area contributed by atoms with Gasteiger partial charge in [0.25, 0.3) is 5.91 Å². The van der Waals surface area contributed by atoms with E-state index in [0.29, 0.717) is 28.7 Å². The number of carboxylic acid groups (broad SMARTS) is 1. The van der Waals surface area contributed by atoms with Crippen molar-refractivity contribution in [1.82, 2.24) is 18.6 Å². The highest BCUT2D eigenvalue weighted by molar-refractivity contribution is 5.97. The quantitative estimate of drug-likeness (QED) is 0.351. The third-order valence-corrected chi connectivity index (χ3v) is 7.11. The van der Waals surface area contributed by atoms with Gasteiger partial charge >= 0.3 is 11.7 Å². The number of fused-ring (bicyclic) bond motifs is 2. The Bertz CT molecular complexity index is 1740. The van der Waals surface area contributed by atoms with Gasteiger partial charge in [0.1, 0.15) is 0 Å². The first-order valence-electron chi connectivity index (χ1n) is 12.4. The molecule has 2 aromatic heterocycles. The molecule has 0 aliphatic rings. The number of carbonyl (C=O) groups is 2. The van der Waals surface area contributed by atoms with Gasteiger partial charge in [0.15, 0.2) is 0 Å². The molecular weight excluding hydrogens is 480 g/mol. The summed E-state index contributed by atoms with van der Waals surface area (Å²) in [5.74, 6) is -1.21. The molecular formula is C30H30N4O4. The molecule has 3 aromatic carbocycles. The molecule has 1 amide bonds. The zero-order chi connectivity index (χ0) is 27.1. The number of benzene rings is 3. The third kappa shape index (κ3) is 4.28. The van der Waals surface area contributed by atoms with Gasteiger partial charge in [0.05, 0.1) is 30.0 Å². The molecule has 194 valence electrons. The highest BCUT2D eigenvalue weighted by atomic mass is 16.4. The van der Waals surface area contributed by atoms with Crippen molar-refractivity contribution in [2.75, 3.05) is 14.1 Å². The Morgan fingerprint density at radius 2 is 1.68 bits per heavy atom. The summed E-state index contributed by atoms with van der Waals surface area (Å²) >= 11 is 0. The number of aromatic nitrogens is 3. The van der Waals surface area contributed by atoms with Gasteiger partial charge in [-0.2, -0.15) is 0 Å². The lowest BCUT2D eigenvalue weighted by molar-refractivity contribution is -0.137. The normalized spacial score (nSPS) is 12.2. The number of carbonyl (C=O) groups excluding carboxylic acids is 1. The Morgan fingerprint density at radius 1 is 0.947 bits per heavy atom. The number of amides is 1. The number of carboxylic acids is 1. The lowest BCUT2D eigenvalue weighted by atomic mass is 10.0. The number of nitrogens with zero attached hydrogens (tertiary/aromatic N) is 4. The van der Waals surface area contributed by atoms with Gasteiger partial charge in [-0.25, -0.2) is 4.79 Å². The summed E-state index contributed by atoms with van der Waals surface area (Å²) in [5.41, 5.74) is 5.15. The Morgan fingerprint density at radius 3 is 2.37 bits per heavy atom. The van der Waals surface area contributed by atoms with Crippen molar-refractivity contribution < 1.29 is 14.7 Å². The van der Waals surface area contributed by atoms with E-state index in [9.17, 15) is 19.5 Å². The largest absolute Gasteiger partial charge is 0.481 e. The third-order valence-electron chi connectivity index (χ3n) is 7.11. The fourth-order valence-corrected chi connectivity index (χ4v) is 5.35. The Kier molecular flexibility index (Phi) is 6.40. The average Bonchev–Trinajstić information content (AvgIpc) is 3.36. The van der Waals surface area contributed by atoms with E-state index in [2.05, 4.69) is 19.1 Å². The number of hydrogen-bond donors (Lipinski definition) is 1. The topological polar surface area (TPSA) is 89.5 Å². The molecule has 0 radical (unpaired) electrons. The van der Waals surface area contributed by atoms with Gasteiger partial charge in [-0.1, -0.05) is 42.5 Å². The molecule has 0 fully saturated rings.